The van der Waals surface area contributed by atoms with Crippen LogP contribution in [0.3, 0.4) is 0 Å². The summed E-state index contributed by atoms with van der Waals surface area (Å²) in [4.78, 5) is 12.1. The third-order valence-electron chi connectivity index (χ3n) is 2.61. The van der Waals surface area contributed by atoms with E-state index in [2.05, 4.69) is 17.2 Å². The average molecular weight is 304 g/mol. The fraction of sp³-hybridized carbons (Fsp3) is 0.0625. The highest BCUT2D eigenvalue weighted by Crippen LogP contribution is 2.20. The Balaban J connectivity index is 2.18. The largest absolute Gasteiger partial charge is 0.384 e. The number of halogens is 2. The Bertz CT molecular complexity index is 735. The van der Waals surface area contributed by atoms with Crippen LogP contribution in [0.25, 0.3) is 0 Å². The highest BCUT2D eigenvalue weighted by Gasteiger charge is 2.08. The second kappa shape index (κ2) is 6.89. The minimum absolute atomic E-state index is 0.0598. The summed E-state index contributed by atoms with van der Waals surface area (Å²) < 4.78 is 13.1. The van der Waals surface area contributed by atoms with Crippen molar-refractivity contribution in [2.75, 3.05) is 11.9 Å². The lowest BCUT2D eigenvalue weighted by atomic mass is 10.1. The molecule has 21 heavy (non-hydrogen) atoms. The Morgan fingerprint density at radius 2 is 2.10 bits per heavy atom. The number of hydrogen-bond acceptors (Lipinski definition) is 2. The van der Waals surface area contributed by atoms with Crippen LogP contribution >= 0.6 is 11.6 Å². The molecule has 0 spiro atoms. The smallest absolute Gasteiger partial charge is 0.255 e. The maximum absolute atomic E-state index is 13.1. The first kappa shape index (κ1) is 15.0. The summed E-state index contributed by atoms with van der Waals surface area (Å²) in [5, 5.41) is 11.2. The molecule has 0 bridgehead atoms. The van der Waals surface area contributed by atoms with Gasteiger partial charge in [0.15, 0.2) is 0 Å². The third-order valence-corrected chi connectivity index (χ3v) is 2.90. The van der Waals surface area contributed by atoms with Crippen molar-refractivity contribution in [3.05, 3.63) is 64.4 Å². The molecule has 0 aromatic heterocycles. The van der Waals surface area contributed by atoms with Gasteiger partial charge in [-0.15, -0.1) is 0 Å². The van der Waals surface area contributed by atoms with Crippen LogP contribution in [0.4, 0.5) is 10.1 Å². The minimum Gasteiger partial charge on any atom is -0.384 e. The highest BCUT2D eigenvalue weighted by atomic mass is 35.5. The summed E-state index contributed by atoms with van der Waals surface area (Å²) in [5.74, 6) is 4.33. The monoisotopic (exact) mass is 303 g/mol. The Morgan fingerprint density at radius 3 is 2.81 bits per heavy atom. The first-order chi connectivity index (χ1) is 10.1. The van der Waals surface area contributed by atoms with Crippen LogP contribution in [0.5, 0.6) is 0 Å². The molecule has 0 saturated heterocycles. The first-order valence-electron chi connectivity index (χ1n) is 6.06. The van der Waals surface area contributed by atoms with E-state index in [4.69, 9.17) is 16.7 Å². The molecule has 1 amide bonds. The number of benzene rings is 2. The molecular formula is C16H11ClFNO2. The topological polar surface area (TPSA) is 49.3 Å². The van der Waals surface area contributed by atoms with E-state index in [-0.39, 0.29) is 17.5 Å². The van der Waals surface area contributed by atoms with Crippen molar-refractivity contribution >= 4 is 23.2 Å². The molecule has 0 atom stereocenters. The molecule has 0 aliphatic rings. The highest BCUT2D eigenvalue weighted by molar-refractivity contribution is 6.31. The zero-order valence-corrected chi connectivity index (χ0v) is 11.6. The van der Waals surface area contributed by atoms with Gasteiger partial charge in [0, 0.05) is 16.8 Å². The van der Waals surface area contributed by atoms with E-state index in [1.165, 1.54) is 18.2 Å². The van der Waals surface area contributed by atoms with E-state index in [9.17, 15) is 9.18 Å². The number of hydrogen-bond donors (Lipinski definition) is 2. The predicted octanol–water partition coefficient (Wildman–Crippen LogP) is 3.08. The van der Waals surface area contributed by atoms with Crippen molar-refractivity contribution in [3.8, 4) is 11.8 Å². The molecule has 106 valence electrons. The fourth-order valence-electron chi connectivity index (χ4n) is 1.66. The van der Waals surface area contributed by atoms with Gasteiger partial charge in [0.25, 0.3) is 5.91 Å². The van der Waals surface area contributed by atoms with Gasteiger partial charge in [-0.25, -0.2) is 4.39 Å². The van der Waals surface area contributed by atoms with E-state index in [0.717, 1.165) is 0 Å². The summed E-state index contributed by atoms with van der Waals surface area (Å²) in [7, 11) is 0. The Hall–Kier alpha value is -2.35. The van der Waals surface area contributed by atoms with Crippen molar-refractivity contribution in [1.29, 1.82) is 0 Å². The van der Waals surface area contributed by atoms with Crippen LogP contribution in [0.2, 0.25) is 5.02 Å². The van der Waals surface area contributed by atoms with Crippen molar-refractivity contribution in [2.45, 2.75) is 0 Å². The van der Waals surface area contributed by atoms with E-state index in [1.807, 2.05) is 0 Å². The molecule has 2 aromatic rings. The van der Waals surface area contributed by atoms with Crippen LogP contribution in [0, 0.1) is 17.7 Å². The summed E-state index contributed by atoms with van der Waals surface area (Å²) in [6.07, 6.45) is 0. The van der Waals surface area contributed by atoms with Gasteiger partial charge in [-0.1, -0.05) is 29.5 Å². The Morgan fingerprint density at radius 1 is 1.29 bits per heavy atom. The van der Waals surface area contributed by atoms with Gasteiger partial charge >= 0.3 is 0 Å². The van der Waals surface area contributed by atoms with Gasteiger partial charge in [0.05, 0.1) is 5.02 Å². The van der Waals surface area contributed by atoms with E-state index >= 15 is 0 Å². The van der Waals surface area contributed by atoms with E-state index in [1.54, 1.807) is 24.3 Å². The molecule has 2 rings (SSSR count). The second-order valence-corrected chi connectivity index (χ2v) is 4.53. The lowest BCUT2D eigenvalue weighted by molar-refractivity contribution is 0.102. The number of amides is 1. The van der Waals surface area contributed by atoms with Gasteiger partial charge in [-0.3, -0.25) is 4.79 Å². The third kappa shape index (κ3) is 4.06. The molecule has 0 aliphatic heterocycles. The van der Waals surface area contributed by atoms with Crippen molar-refractivity contribution in [2.24, 2.45) is 0 Å². The normalized spacial score (nSPS) is 9.67. The summed E-state index contributed by atoms with van der Waals surface area (Å²) in [6, 6.07) is 10.6. The van der Waals surface area contributed by atoms with Crippen LogP contribution in [-0.4, -0.2) is 17.6 Å². The van der Waals surface area contributed by atoms with E-state index < -0.39 is 5.82 Å². The zero-order chi connectivity index (χ0) is 15.2. The van der Waals surface area contributed by atoms with Crippen molar-refractivity contribution in [1.82, 2.24) is 0 Å². The summed E-state index contributed by atoms with van der Waals surface area (Å²) in [5.41, 5.74) is 1.42. The van der Waals surface area contributed by atoms with Gasteiger partial charge in [0.2, 0.25) is 0 Å². The quantitative estimate of drug-likeness (QED) is 0.838. The van der Waals surface area contributed by atoms with Crippen LogP contribution in [-0.2, 0) is 0 Å². The van der Waals surface area contributed by atoms with Gasteiger partial charge in [-0.2, -0.15) is 0 Å². The SMILES string of the molecule is O=C(Nc1ccc(F)c(Cl)c1)c1cccc(C#CCO)c1. The Labute approximate surface area is 126 Å². The number of carbonyl (C=O) groups is 1. The lowest BCUT2D eigenvalue weighted by Crippen LogP contribution is -2.12. The Kier molecular flexibility index (Phi) is 4.94. The van der Waals surface area contributed by atoms with Crippen LogP contribution in [0.1, 0.15) is 15.9 Å². The molecule has 0 radical (unpaired) electrons. The first-order valence-corrected chi connectivity index (χ1v) is 6.44. The number of carbonyl (C=O) groups excluding carboxylic acids is 1. The molecule has 0 saturated carbocycles. The molecule has 5 heteroatoms. The van der Waals surface area contributed by atoms with E-state index in [0.29, 0.717) is 16.8 Å². The van der Waals surface area contributed by atoms with Crippen molar-refractivity contribution in [3.63, 3.8) is 0 Å². The van der Waals surface area contributed by atoms with Crippen molar-refractivity contribution < 1.29 is 14.3 Å². The fourth-order valence-corrected chi connectivity index (χ4v) is 1.84. The number of aliphatic hydroxyl groups is 1. The minimum atomic E-state index is -0.545. The zero-order valence-electron chi connectivity index (χ0n) is 10.9. The number of anilines is 1. The van der Waals surface area contributed by atoms with Gasteiger partial charge in [-0.05, 0) is 36.4 Å². The predicted molar refractivity (Wildman–Crippen MR) is 79.8 cm³/mol. The lowest BCUT2D eigenvalue weighted by Gasteiger charge is -2.06. The van der Waals surface area contributed by atoms with Gasteiger partial charge in [0.1, 0.15) is 12.4 Å². The summed E-state index contributed by atoms with van der Waals surface area (Å²) >= 11 is 5.66. The van der Waals surface area contributed by atoms with Gasteiger partial charge < -0.3 is 10.4 Å². The maximum Gasteiger partial charge on any atom is 0.255 e. The van der Waals surface area contributed by atoms with Crippen LogP contribution < -0.4 is 5.32 Å². The number of rotatable bonds is 2. The molecular weight excluding hydrogens is 293 g/mol. The maximum atomic E-state index is 13.1. The average Bonchev–Trinajstić information content (AvgIpc) is 2.49. The molecule has 2 N–H and O–H groups in total. The number of nitrogens with one attached hydrogen (secondary N) is 1. The molecule has 0 unspecified atom stereocenters. The standard InChI is InChI=1S/C16H11ClFNO2/c17-14-10-13(6-7-15(14)18)19-16(21)12-5-1-3-11(9-12)4-2-8-20/h1,3,5-7,9-10,20H,8H2,(H,19,21). The number of aliphatic hydroxyl groups excluding tert-OH is 1. The molecule has 0 aliphatic carbocycles. The molecule has 0 heterocycles. The second-order valence-electron chi connectivity index (χ2n) is 4.12. The summed E-state index contributed by atoms with van der Waals surface area (Å²) in [6.45, 7) is -0.246. The molecule has 0 fully saturated rings. The van der Waals surface area contributed by atoms with Crippen LogP contribution in [0.15, 0.2) is 42.5 Å². The molecule has 3 nitrogen and oxygen atoms in total. The molecule has 2 aromatic carbocycles.